The van der Waals surface area contributed by atoms with Gasteiger partial charge in [0, 0.05) is 11.1 Å². The molecule has 0 atom stereocenters. The standard InChI is InChI=1S/C16H9Cl2NO2/c17-11-7-3-4-8-12(11)19-14-13(18)15(20)9-5-1-2-6-10(9)16(14)21/h1-8,19H. The van der Waals surface area contributed by atoms with E-state index in [-0.39, 0.29) is 22.3 Å². The largest absolute Gasteiger partial charge is 0.350 e. The first-order valence-electron chi connectivity index (χ1n) is 6.19. The van der Waals surface area contributed by atoms with Crippen LogP contribution in [0.3, 0.4) is 0 Å². The first kappa shape index (κ1) is 13.9. The molecule has 0 amide bonds. The SMILES string of the molecule is O=C1C(Cl)=C(Nc2ccccc2Cl)C(=O)c2ccccc21. The van der Waals surface area contributed by atoms with Crippen molar-refractivity contribution in [3.8, 4) is 0 Å². The third-order valence-electron chi connectivity index (χ3n) is 3.20. The highest BCUT2D eigenvalue weighted by Gasteiger charge is 2.31. The number of ketones is 2. The number of carbonyl (C=O) groups excluding carboxylic acids is 2. The van der Waals surface area contributed by atoms with Crippen LogP contribution in [0.25, 0.3) is 0 Å². The number of carbonyl (C=O) groups is 2. The molecule has 3 nitrogen and oxygen atoms in total. The maximum Gasteiger partial charge on any atom is 0.211 e. The third kappa shape index (κ3) is 2.35. The van der Waals surface area contributed by atoms with E-state index in [4.69, 9.17) is 23.2 Å². The monoisotopic (exact) mass is 317 g/mol. The molecule has 0 heterocycles. The van der Waals surface area contributed by atoms with Gasteiger partial charge in [-0.3, -0.25) is 9.59 Å². The Kier molecular flexibility index (Phi) is 3.53. The van der Waals surface area contributed by atoms with E-state index in [1.54, 1.807) is 48.5 Å². The highest BCUT2D eigenvalue weighted by molar-refractivity contribution is 6.50. The van der Waals surface area contributed by atoms with Crippen molar-refractivity contribution in [3.05, 3.63) is 75.4 Å². The van der Waals surface area contributed by atoms with Crippen LogP contribution in [0.2, 0.25) is 5.02 Å². The van der Waals surface area contributed by atoms with E-state index >= 15 is 0 Å². The molecule has 2 aromatic carbocycles. The van der Waals surface area contributed by atoms with Crippen molar-refractivity contribution >= 4 is 40.5 Å². The molecule has 0 fully saturated rings. The first-order chi connectivity index (χ1) is 10.1. The Balaban J connectivity index is 2.07. The molecule has 3 rings (SSSR count). The minimum Gasteiger partial charge on any atom is -0.350 e. The zero-order valence-electron chi connectivity index (χ0n) is 10.7. The summed E-state index contributed by atoms with van der Waals surface area (Å²) >= 11 is 12.1. The van der Waals surface area contributed by atoms with Gasteiger partial charge in [0.15, 0.2) is 0 Å². The summed E-state index contributed by atoms with van der Waals surface area (Å²) in [5.41, 5.74) is 1.22. The fourth-order valence-electron chi connectivity index (χ4n) is 2.15. The van der Waals surface area contributed by atoms with E-state index in [0.29, 0.717) is 21.8 Å². The van der Waals surface area contributed by atoms with Crippen molar-refractivity contribution in [2.45, 2.75) is 0 Å². The summed E-state index contributed by atoms with van der Waals surface area (Å²) in [6.45, 7) is 0. The number of halogens is 2. The molecule has 0 unspecified atom stereocenters. The van der Waals surface area contributed by atoms with Gasteiger partial charge in [0.1, 0.15) is 10.7 Å². The highest BCUT2D eigenvalue weighted by Crippen LogP contribution is 2.31. The van der Waals surface area contributed by atoms with Gasteiger partial charge in [0.2, 0.25) is 11.6 Å². The molecule has 0 spiro atoms. The molecule has 104 valence electrons. The van der Waals surface area contributed by atoms with Crippen LogP contribution in [-0.4, -0.2) is 11.6 Å². The van der Waals surface area contributed by atoms with Crippen molar-refractivity contribution in [1.29, 1.82) is 0 Å². The maximum atomic E-state index is 12.5. The number of nitrogens with one attached hydrogen (secondary N) is 1. The van der Waals surface area contributed by atoms with Crippen LogP contribution in [-0.2, 0) is 0 Å². The van der Waals surface area contributed by atoms with Crippen molar-refractivity contribution < 1.29 is 9.59 Å². The predicted octanol–water partition coefficient (Wildman–Crippen LogP) is 4.28. The maximum absolute atomic E-state index is 12.5. The van der Waals surface area contributed by atoms with E-state index in [0.717, 1.165) is 0 Å². The number of hydrogen-bond acceptors (Lipinski definition) is 3. The van der Waals surface area contributed by atoms with Crippen LogP contribution in [0.15, 0.2) is 59.3 Å². The highest BCUT2D eigenvalue weighted by atomic mass is 35.5. The summed E-state index contributed by atoms with van der Waals surface area (Å²) in [6.07, 6.45) is 0. The van der Waals surface area contributed by atoms with E-state index in [1.165, 1.54) is 0 Å². The van der Waals surface area contributed by atoms with Crippen LogP contribution in [0, 0.1) is 0 Å². The Bertz CT molecular complexity index is 796. The van der Waals surface area contributed by atoms with E-state index < -0.39 is 0 Å². The van der Waals surface area contributed by atoms with Gasteiger partial charge >= 0.3 is 0 Å². The van der Waals surface area contributed by atoms with E-state index in [9.17, 15) is 9.59 Å². The van der Waals surface area contributed by atoms with Gasteiger partial charge in [-0.05, 0) is 12.1 Å². The number of hydrogen-bond donors (Lipinski definition) is 1. The van der Waals surface area contributed by atoms with Gasteiger partial charge in [-0.2, -0.15) is 0 Å². The molecule has 2 aromatic rings. The predicted molar refractivity (Wildman–Crippen MR) is 83.1 cm³/mol. The Morgan fingerprint density at radius 1 is 0.762 bits per heavy atom. The summed E-state index contributed by atoms with van der Waals surface area (Å²) < 4.78 is 0. The quantitative estimate of drug-likeness (QED) is 0.899. The summed E-state index contributed by atoms with van der Waals surface area (Å²) in [6, 6.07) is 13.5. The van der Waals surface area contributed by atoms with Crippen LogP contribution in [0.5, 0.6) is 0 Å². The second kappa shape index (κ2) is 5.35. The van der Waals surface area contributed by atoms with Crippen molar-refractivity contribution in [2.24, 2.45) is 0 Å². The van der Waals surface area contributed by atoms with Crippen LogP contribution in [0.4, 0.5) is 5.69 Å². The second-order valence-corrected chi connectivity index (χ2v) is 5.28. The number of Topliss-reactive ketones (excluding diaryl/α,β-unsaturated/α-hetero) is 2. The van der Waals surface area contributed by atoms with Gasteiger partial charge < -0.3 is 5.32 Å². The molecule has 0 saturated carbocycles. The lowest BCUT2D eigenvalue weighted by molar-refractivity contribution is 0.0982. The van der Waals surface area contributed by atoms with Gasteiger partial charge in [-0.25, -0.2) is 0 Å². The first-order valence-corrected chi connectivity index (χ1v) is 6.95. The Morgan fingerprint density at radius 2 is 1.33 bits per heavy atom. The Hall–Kier alpha value is -2.10. The number of rotatable bonds is 2. The van der Waals surface area contributed by atoms with Crippen molar-refractivity contribution in [3.63, 3.8) is 0 Å². The summed E-state index contributed by atoms with van der Waals surface area (Å²) in [7, 11) is 0. The van der Waals surface area contributed by atoms with Gasteiger partial charge in [-0.1, -0.05) is 59.6 Å². The van der Waals surface area contributed by atoms with E-state index in [1.807, 2.05) is 0 Å². The zero-order chi connectivity index (χ0) is 15.0. The molecule has 0 radical (unpaired) electrons. The van der Waals surface area contributed by atoms with Gasteiger partial charge in [-0.15, -0.1) is 0 Å². The molecule has 0 saturated heterocycles. The topological polar surface area (TPSA) is 46.2 Å². The molecule has 0 aromatic heterocycles. The van der Waals surface area contributed by atoms with Crippen molar-refractivity contribution in [1.82, 2.24) is 0 Å². The molecular formula is C16H9Cl2NO2. The second-order valence-electron chi connectivity index (χ2n) is 4.50. The summed E-state index contributed by atoms with van der Waals surface area (Å²) in [5, 5.41) is 3.18. The van der Waals surface area contributed by atoms with Crippen molar-refractivity contribution in [2.75, 3.05) is 5.32 Å². The molecule has 0 bridgehead atoms. The molecular weight excluding hydrogens is 309 g/mol. The third-order valence-corrected chi connectivity index (χ3v) is 3.89. The number of anilines is 1. The average molecular weight is 318 g/mol. The minimum atomic E-state index is -0.374. The lowest BCUT2D eigenvalue weighted by Crippen LogP contribution is -2.24. The Morgan fingerprint density at radius 3 is 2.00 bits per heavy atom. The van der Waals surface area contributed by atoms with E-state index in [2.05, 4.69) is 5.32 Å². The van der Waals surface area contributed by atoms with Gasteiger partial charge in [0.05, 0.1) is 10.7 Å². The lowest BCUT2D eigenvalue weighted by Gasteiger charge is -2.19. The number of allylic oxidation sites excluding steroid dienone is 2. The summed E-state index contributed by atoms with van der Waals surface area (Å²) in [4.78, 5) is 24.7. The van der Waals surface area contributed by atoms with Crippen LogP contribution < -0.4 is 5.32 Å². The van der Waals surface area contributed by atoms with Crippen LogP contribution >= 0.6 is 23.2 Å². The molecule has 5 heteroatoms. The smallest absolute Gasteiger partial charge is 0.211 e. The van der Waals surface area contributed by atoms with Gasteiger partial charge in [0.25, 0.3) is 0 Å². The fourth-order valence-corrected chi connectivity index (χ4v) is 2.57. The average Bonchev–Trinajstić information content (AvgIpc) is 2.51. The Labute approximate surface area is 131 Å². The zero-order valence-corrected chi connectivity index (χ0v) is 12.2. The fraction of sp³-hybridized carbons (Fsp3) is 0. The number of para-hydroxylation sites is 1. The number of fused-ring (bicyclic) bond motifs is 1. The molecule has 0 aliphatic heterocycles. The number of benzene rings is 2. The lowest BCUT2D eigenvalue weighted by atomic mass is 9.92. The molecule has 1 aliphatic rings. The minimum absolute atomic E-state index is 0.0495. The molecule has 1 N–H and O–H groups in total. The molecule has 1 aliphatic carbocycles. The van der Waals surface area contributed by atoms with Crippen LogP contribution in [0.1, 0.15) is 20.7 Å². The summed E-state index contributed by atoms with van der Waals surface area (Å²) in [5.74, 6) is -0.698. The molecule has 21 heavy (non-hydrogen) atoms. The normalized spacial score (nSPS) is 14.2.